The zero-order valence-electron chi connectivity index (χ0n) is 7.05. The summed E-state index contributed by atoms with van der Waals surface area (Å²) >= 11 is 0. The van der Waals surface area contributed by atoms with Crippen molar-refractivity contribution < 1.29 is 5.11 Å². The van der Waals surface area contributed by atoms with Crippen LogP contribution < -0.4 is 5.73 Å². The molecule has 68 valence electrons. The lowest BCUT2D eigenvalue weighted by molar-refractivity contribution is -0.0277. The summed E-state index contributed by atoms with van der Waals surface area (Å²) in [5, 5.41) is 9.75. The molecule has 1 unspecified atom stereocenters. The van der Waals surface area contributed by atoms with Gasteiger partial charge in [0.25, 0.3) is 0 Å². The van der Waals surface area contributed by atoms with Gasteiger partial charge in [0, 0.05) is 0 Å². The standard InChI is InChI=1S/C8H17NO.ClH/c1-8(10)5-3-2-4-7(8)6-9;/h7,10H,2-6,9H2,1H3;1H/t7?,8-;/m1./s1. The Kier molecular flexibility index (Phi) is 4.37. The Balaban J connectivity index is 0.000001000. The highest BCUT2D eigenvalue weighted by Gasteiger charge is 2.32. The lowest BCUT2D eigenvalue weighted by Crippen LogP contribution is -2.41. The van der Waals surface area contributed by atoms with Gasteiger partial charge in [0.2, 0.25) is 0 Å². The zero-order valence-corrected chi connectivity index (χ0v) is 7.86. The second-order valence-corrected chi connectivity index (χ2v) is 3.54. The normalized spacial score (nSPS) is 37.9. The number of aliphatic hydroxyl groups is 1. The summed E-state index contributed by atoms with van der Waals surface area (Å²) in [7, 11) is 0. The molecule has 1 aliphatic rings. The molecule has 1 rings (SSSR count). The molecule has 1 fully saturated rings. The molecule has 0 heterocycles. The van der Waals surface area contributed by atoms with E-state index in [1.807, 2.05) is 6.92 Å². The summed E-state index contributed by atoms with van der Waals surface area (Å²) in [6, 6.07) is 0. The first-order chi connectivity index (χ1) is 4.67. The molecule has 2 atom stereocenters. The third kappa shape index (κ3) is 2.62. The molecule has 0 amide bonds. The fourth-order valence-corrected chi connectivity index (χ4v) is 1.76. The van der Waals surface area contributed by atoms with Crippen molar-refractivity contribution >= 4 is 12.4 Å². The minimum atomic E-state index is -0.479. The van der Waals surface area contributed by atoms with E-state index >= 15 is 0 Å². The number of hydrogen-bond acceptors (Lipinski definition) is 2. The number of rotatable bonds is 1. The van der Waals surface area contributed by atoms with E-state index in [1.165, 1.54) is 6.42 Å². The second kappa shape index (κ2) is 4.29. The minimum Gasteiger partial charge on any atom is -0.390 e. The van der Waals surface area contributed by atoms with E-state index in [1.54, 1.807) is 0 Å². The van der Waals surface area contributed by atoms with Gasteiger partial charge < -0.3 is 10.8 Å². The molecular weight excluding hydrogens is 162 g/mol. The topological polar surface area (TPSA) is 46.2 Å². The quantitative estimate of drug-likeness (QED) is 0.638. The molecule has 0 bridgehead atoms. The van der Waals surface area contributed by atoms with Gasteiger partial charge in [-0.2, -0.15) is 0 Å². The predicted molar refractivity (Wildman–Crippen MR) is 48.9 cm³/mol. The molecule has 0 aromatic rings. The van der Waals surface area contributed by atoms with Crippen molar-refractivity contribution in [3.05, 3.63) is 0 Å². The third-order valence-corrected chi connectivity index (χ3v) is 2.65. The van der Waals surface area contributed by atoms with Crippen molar-refractivity contribution in [2.24, 2.45) is 11.7 Å². The van der Waals surface area contributed by atoms with Gasteiger partial charge in [-0.1, -0.05) is 12.8 Å². The molecule has 0 aromatic heterocycles. The van der Waals surface area contributed by atoms with E-state index in [9.17, 15) is 5.11 Å². The summed E-state index contributed by atoms with van der Waals surface area (Å²) in [6.07, 6.45) is 4.42. The average molecular weight is 180 g/mol. The first-order valence-electron chi connectivity index (χ1n) is 4.09. The summed E-state index contributed by atoms with van der Waals surface area (Å²) in [6.45, 7) is 2.54. The Hall–Kier alpha value is 0.210. The van der Waals surface area contributed by atoms with Crippen LogP contribution in [0.5, 0.6) is 0 Å². The number of nitrogens with two attached hydrogens (primary N) is 1. The molecule has 11 heavy (non-hydrogen) atoms. The van der Waals surface area contributed by atoms with E-state index in [2.05, 4.69) is 0 Å². The van der Waals surface area contributed by atoms with Crippen LogP contribution in [0.2, 0.25) is 0 Å². The maximum absolute atomic E-state index is 9.75. The summed E-state index contributed by atoms with van der Waals surface area (Å²) in [4.78, 5) is 0. The molecular formula is C8H18ClNO. The van der Waals surface area contributed by atoms with E-state index in [0.29, 0.717) is 12.5 Å². The van der Waals surface area contributed by atoms with Crippen LogP contribution in [0.3, 0.4) is 0 Å². The molecule has 1 saturated carbocycles. The van der Waals surface area contributed by atoms with Crippen LogP contribution in [-0.4, -0.2) is 17.3 Å². The van der Waals surface area contributed by atoms with E-state index in [-0.39, 0.29) is 12.4 Å². The maximum atomic E-state index is 9.75. The highest BCUT2D eigenvalue weighted by Crippen LogP contribution is 2.32. The molecule has 0 saturated heterocycles. The van der Waals surface area contributed by atoms with E-state index in [4.69, 9.17) is 5.73 Å². The molecule has 0 aromatic carbocycles. The fourth-order valence-electron chi connectivity index (χ4n) is 1.76. The lowest BCUT2D eigenvalue weighted by atomic mass is 9.77. The Labute approximate surface area is 74.6 Å². The molecule has 1 aliphatic carbocycles. The van der Waals surface area contributed by atoms with Crippen molar-refractivity contribution in [1.82, 2.24) is 0 Å². The first kappa shape index (κ1) is 11.2. The highest BCUT2D eigenvalue weighted by molar-refractivity contribution is 5.85. The Morgan fingerprint density at radius 3 is 2.55 bits per heavy atom. The van der Waals surface area contributed by atoms with Gasteiger partial charge in [-0.15, -0.1) is 12.4 Å². The number of halogens is 1. The van der Waals surface area contributed by atoms with Crippen LogP contribution in [0.1, 0.15) is 32.6 Å². The van der Waals surface area contributed by atoms with Crippen molar-refractivity contribution in [1.29, 1.82) is 0 Å². The minimum absolute atomic E-state index is 0. The zero-order chi connectivity index (χ0) is 7.61. The van der Waals surface area contributed by atoms with Crippen molar-refractivity contribution in [3.8, 4) is 0 Å². The van der Waals surface area contributed by atoms with Gasteiger partial charge in [0.15, 0.2) is 0 Å². The molecule has 2 nitrogen and oxygen atoms in total. The smallest absolute Gasteiger partial charge is 0.0659 e. The molecule has 0 aliphatic heterocycles. The van der Waals surface area contributed by atoms with E-state index < -0.39 is 5.60 Å². The second-order valence-electron chi connectivity index (χ2n) is 3.54. The first-order valence-corrected chi connectivity index (χ1v) is 4.09. The fraction of sp³-hybridized carbons (Fsp3) is 1.00. The third-order valence-electron chi connectivity index (χ3n) is 2.65. The van der Waals surface area contributed by atoms with Crippen molar-refractivity contribution in [3.63, 3.8) is 0 Å². The van der Waals surface area contributed by atoms with Gasteiger partial charge in [-0.05, 0) is 32.2 Å². The highest BCUT2D eigenvalue weighted by atomic mass is 35.5. The van der Waals surface area contributed by atoms with Crippen LogP contribution in [0.4, 0.5) is 0 Å². The van der Waals surface area contributed by atoms with Gasteiger partial charge in [0.05, 0.1) is 5.60 Å². The van der Waals surface area contributed by atoms with Gasteiger partial charge >= 0.3 is 0 Å². The van der Waals surface area contributed by atoms with Crippen LogP contribution >= 0.6 is 12.4 Å². The molecule has 3 heteroatoms. The van der Waals surface area contributed by atoms with Crippen LogP contribution in [0.25, 0.3) is 0 Å². The summed E-state index contributed by atoms with van der Waals surface area (Å²) in [5.74, 6) is 0.334. The lowest BCUT2D eigenvalue weighted by Gasteiger charge is -2.36. The van der Waals surface area contributed by atoms with E-state index in [0.717, 1.165) is 19.3 Å². The maximum Gasteiger partial charge on any atom is 0.0659 e. The monoisotopic (exact) mass is 179 g/mol. The Bertz CT molecular complexity index is 117. The summed E-state index contributed by atoms with van der Waals surface area (Å²) in [5.41, 5.74) is 5.04. The van der Waals surface area contributed by atoms with Gasteiger partial charge in [-0.3, -0.25) is 0 Å². The van der Waals surface area contributed by atoms with Crippen molar-refractivity contribution in [2.45, 2.75) is 38.2 Å². The number of hydrogen-bond donors (Lipinski definition) is 2. The largest absolute Gasteiger partial charge is 0.390 e. The van der Waals surface area contributed by atoms with Crippen LogP contribution in [-0.2, 0) is 0 Å². The predicted octanol–water partition coefficient (Wildman–Crippen LogP) is 1.31. The molecule has 0 radical (unpaired) electrons. The summed E-state index contributed by atoms with van der Waals surface area (Å²) < 4.78 is 0. The Morgan fingerprint density at radius 1 is 1.55 bits per heavy atom. The van der Waals surface area contributed by atoms with Gasteiger partial charge in [0.1, 0.15) is 0 Å². The SMILES string of the molecule is C[C@@]1(O)CCCCC1CN.Cl. The van der Waals surface area contributed by atoms with Gasteiger partial charge in [-0.25, -0.2) is 0 Å². The van der Waals surface area contributed by atoms with Crippen LogP contribution in [0.15, 0.2) is 0 Å². The molecule has 0 spiro atoms. The average Bonchev–Trinajstić information content (AvgIpc) is 1.87. The van der Waals surface area contributed by atoms with Crippen molar-refractivity contribution in [2.75, 3.05) is 6.54 Å². The molecule has 3 N–H and O–H groups in total. The Morgan fingerprint density at radius 2 is 2.18 bits per heavy atom. The van der Waals surface area contributed by atoms with Crippen LogP contribution in [0, 0.1) is 5.92 Å².